The Morgan fingerprint density at radius 3 is 2.42 bits per heavy atom. The molecule has 1 aromatic heterocycles. The van der Waals surface area contributed by atoms with Crippen LogP contribution in [0.3, 0.4) is 0 Å². The summed E-state index contributed by atoms with van der Waals surface area (Å²) in [6, 6.07) is 15.7. The predicted molar refractivity (Wildman–Crippen MR) is 101 cm³/mol. The molecular weight excluding hydrogens is 326 g/mol. The molecule has 0 bridgehead atoms. The Labute approximate surface area is 153 Å². The van der Waals surface area contributed by atoms with E-state index in [0.29, 0.717) is 12.3 Å². The molecule has 1 heterocycles. The van der Waals surface area contributed by atoms with Crippen LogP contribution in [-0.2, 0) is 11.3 Å². The summed E-state index contributed by atoms with van der Waals surface area (Å²) in [6.45, 7) is 6.19. The van der Waals surface area contributed by atoms with Crippen LogP contribution in [0.5, 0.6) is 5.75 Å². The van der Waals surface area contributed by atoms with Crippen LogP contribution in [0.15, 0.2) is 60.9 Å². The number of rotatable bonds is 6. The van der Waals surface area contributed by atoms with Crippen LogP contribution in [-0.4, -0.2) is 21.6 Å². The molecule has 5 nitrogen and oxygen atoms in total. The first-order valence-corrected chi connectivity index (χ1v) is 8.63. The lowest BCUT2D eigenvalue weighted by Gasteiger charge is -2.15. The van der Waals surface area contributed by atoms with E-state index >= 15 is 0 Å². The highest BCUT2D eigenvalue weighted by molar-refractivity contribution is 5.80. The second-order valence-electron chi connectivity index (χ2n) is 6.30. The SMILES string of the molecule is Cc1ccc(O[C@H](C)C(=O)NCc2ccc(-n3ccnc3C)cc2)cc1. The highest BCUT2D eigenvalue weighted by atomic mass is 16.5. The number of hydrogen-bond donors (Lipinski definition) is 1. The summed E-state index contributed by atoms with van der Waals surface area (Å²) in [5, 5.41) is 2.91. The van der Waals surface area contributed by atoms with Gasteiger partial charge in [0.1, 0.15) is 11.6 Å². The fourth-order valence-corrected chi connectivity index (χ4v) is 2.63. The van der Waals surface area contributed by atoms with E-state index in [2.05, 4.69) is 10.3 Å². The smallest absolute Gasteiger partial charge is 0.261 e. The number of amides is 1. The third kappa shape index (κ3) is 4.30. The number of ether oxygens (including phenoxy) is 1. The number of hydrogen-bond acceptors (Lipinski definition) is 3. The number of carbonyl (C=O) groups excluding carboxylic acids is 1. The minimum Gasteiger partial charge on any atom is -0.481 e. The molecule has 0 saturated carbocycles. The van der Waals surface area contributed by atoms with Crippen molar-refractivity contribution in [3.63, 3.8) is 0 Å². The van der Waals surface area contributed by atoms with Crippen molar-refractivity contribution < 1.29 is 9.53 Å². The third-order valence-electron chi connectivity index (χ3n) is 4.21. The standard InChI is InChI=1S/C21H23N3O2/c1-15-4-10-20(11-5-15)26-16(2)21(25)23-14-18-6-8-19(9-7-18)24-13-12-22-17(24)3/h4-13,16H,14H2,1-3H3,(H,23,25)/t16-/m1/s1. The molecule has 0 radical (unpaired) electrons. The molecular formula is C21H23N3O2. The molecule has 0 fully saturated rings. The van der Waals surface area contributed by atoms with Gasteiger partial charge >= 0.3 is 0 Å². The molecule has 0 aliphatic rings. The number of aryl methyl sites for hydroxylation is 2. The average molecular weight is 349 g/mol. The topological polar surface area (TPSA) is 56.1 Å². The van der Waals surface area contributed by atoms with E-state index in [-0.39, 0.29) is 5.91 Å². The van der Waals surface area contributed by atoms with Gasteiger partial charge in [0, 0.05) is 24.6 Å². The Bertz CT molecular complexity index is 867. The van der Waals surface area contributed by atoms with Crippen LogP contribution >= 0.6 is 0 Å². The minimum absolute atomic E-state index is 0.139. The number of aromatic nitrogens is 2. The van der Waals surface area contributed by atoms with Crippen LogP contribution in [0.4, 0.5) is 0 Å². The molecule has 134 valence electrons. The first kappa shape index (κ1) is 17.7. The van der Waals surface area contributed by atoms with Crippen molar-refractivity contribution in [2.24, 2.45) is 0 Å². The molecule has 0 unspecified atom stereocenters. The first-order valence-electron chi connectivity index (χ1n) is 8.63. The van der Waals surface area contributed by atoms with Crippen molar-refractivity contribution >= 4 is 5.91 Å². The molecule has 2 aromatic carbocycles. The summed E-state index contributed by atoms with van der Waals surface area (Å²) in [4.78, 5) is 16.5. The summed E-state index contributed by atoms with van der Waals surface area (Å²) < 4.78 is 7.69. The van der Waals surface area contributed by atoms with Crippen LogP contribution < -0.4 is 10.1 Å². The maximum absolute atomic E-state index is 12.2. The van der Waals surface area contributed by atoms with Gasteiger partial charge in [-0.1, -0.05) is 29.8 Å². The number of benzene rings is 2. The van der Waals surface area contributed by atoms with E-state index in [4.69, 9.17) is 4.74 Å². The summed E-state index contributed by atoms with van der Waals surface area (Å²) in [5.41, 5.74) is 3.23. The Morgan fingerprint density at radius 2 is 1.81 bits per heavy atom. The monoisotopic (exact) mass is 349 g/mol. The number of nitrogens with zero attached hydrogens (tertiary/aromatic N) is 2. The zero-order valence-electron chi connectivity index (χ0n) is 15.3. The van der Waals surface area contributed by atoms with Gasteiger partial charge in [-0.25, -0.2) is 4.98 Å². The number of nitrogens with one attached hydrogen (secondary N) is 1. The Kier molecular flexibility index (Phi) is 5.37. The zero-order chi connectivity index (χ0) is 18.5. The van der Waals surface area contributed by atoms with Crippen molar-refractivity contribution in [3.8, 4) is 11.4 Å². The van der Waals surface area contributed by atoms with Crippen molar-refractivity contribution in [2.75, 3.05) is 0 Å². The lowest BCUT2D eigenvalue weighted by Crippen LogP contribution is -2.35. The van der Waals surface area contributed by atoms with Crippen LogP contribution in [0.1, 0.15) is 23.9 Å². The molecule has 1 atom stereocenters. The van der Waals surface area contributed by atoms with Crippen LogP contribution in [0.2, 0.25) is 0 Å². The molecule has 0 aliphatic heterocycles. The second-order valence-corrected chi connectivity index (χ2v) is 6.30. The van der Waals surface area contributed by atoms with E-state index < -0.39 is 6.10 Å². The predicted octanol–water partition coefficient (Wildman–Crippen LogP) is 3.57. The van der Waals surface area contributed by atoms with E-state index in [9.17, 15) is 4.79 Å². The first-order chi connectivity index (χ1) is 12.5. The largest absolute Gasteiger partial charge is 0.481 e. The lowest BCUT2D eigenvalue weighted by atomic mass is 10.2. The quantitative estimate of drug-likeness (QED) is 0.740. The van der Waals surface area contributed by atoms with E-state index in [1.165, 1.54) is 0 Å². The van der Waals surface area contributed by atoms with Gasteiger partial charge < -0.3 is 14.6 Å². The molecule has 1 N–H and O–H groups in total. The summed E-state index contributed by atoms with van der Waals surface area (Å²) in [6.07, 6.45) is 3.15. The fraction of sp³-hybridized carbons (Fsp3) is 0.238. The highest BCUT2D eigenvalue weighted by Gasteiger charge is 2.14. The highest BCUT2D eigenvalue weighted by Crippen LogP contribution is 2.14. The summed E-state index contributed by atoms with van der Waals surface area (Å²) >= 11 is 0. The normalized spacial score (nSPS) is 11.8. The Balaban J connectivity index is 1.54. The molecule has 1 amide bonds. The van der Waals surface area contributed by atoms with Crippen molar-refractivity contribution in [1.29, 1.82) is 0 Å². The number of imidazole rings is 1. The fourth-order valence-electron chi connectivity index (χ4n) is 2.63. The van der Waals surface area contributed by atoms with Crippen LogP contribution in [0, 0.1) is 13.8 Å². The van der Waals surface area contributed by atoms with Gasteiger partial charge in [0.15, 0.2) is 6.10 Å². The Hall–Kier alpha value is -3.08. The molecule has 5 heteroatoms. The second kappa shape index (κ2) is 7.87. The van der Waals surface area contributed by atoms with Crippen molar-refractivity contribution in [3.05, 3.63) is 77.9 Å². The van der Waals surface area contributed by atoms with Gasteiger partial charge in [0.05, 0.1) is 0 Å². The molecule has 0 aliphatic carbocycles. The van der Waals surface area contributed by atoms with Gasteiger partial charge in [-0.3, -0.25) is 4.79 Å². The van der Waals surface area contributed by atoms with Gasteiger partial charge in [0.25, 0.3) is 5.91 Å². The minimum atomic E-state index is -0.550. The van der Waals surface area contributed by atoms with Gasteiger partial charge in [-0.2, -0.15) is 0 Å². The van der Waals surface area contributed by atoms with Crippen LogP contribution in [0.25, 0.3) is 5.69 Å². The average Bonchev–Trinajstić information content (AvgIpc) is 3.08. The van der Waals surface area contributed by atoms with E-state index in [1.807, 2.05) is 73.1 Å². The molecule has 3 rings (SSSR count). The van der Waals surface area contributed by atoms with Gasteiger partial charge in [0.2, 0.25) is 0 Å². The van der Waals surface area contributed by atoms with Gasteiger partial charge in [-0.15, -0.1) is 0 Å². The van der Waals surface area contributed by atoms with Crippen molar-refractivity contribution in [2.45, 2.75) is 33.4 Å². The maximum atomic E-state index is 12.2. The van der Waals surface area contributed by atoms with Gasteiger partial charge in [-0.05, 0) is 50.6 Å². The molecule has 0 spiro atoms. The number of carbonyl (C=O) groups is 1. The Morgan fingerprint density at radius 1 is 1.12 bits per heavy atom. The molecule has 3 aromatic rings. The third-order valence-corrected chi connectivity index (χ3v) is 4.21. The summed E-state index contributed by atoms with van der Waals surface area (Å²) in [7, 11) is 0. The lowest BCUT2D eigenvalue weighted by molar-refractivity contribution is -0.127. The van der Waals surface area contributed by atoms with Crippen molar-refractivity contribution in [1.82, 2.24) is 14.9 Å². The van der Waals surface area contributed by atoms with E-state index in [0.717, 1.165) is 22.6 Å². The van der Waals surface area contributed by atoms with E-state index in [1.54, 1.807) is 13.1 Å². The zero-order valence-corrected chi connectivity index (χ0v) is 15.3. The summed E-state index contributed by atoms with van der Waals surface area (Å²) in [5.74, 6) is 1.49. The maximum Gasteiger partial charge on any atom is 0.261 e. The molecule has 26 heavy (non-hydrogen) atoms. The molecule has 0 saturated heterocycles.